The number of benzene rings is 1. The smallest absolute Gasteiger partial charge is 0.423 e. The minimum Gasteiger partial charge on any atom is -0.423 e. The molecule has 1 aromatic rings. The fourth-order valence-electron chi connectivity index (χ4n) is 2.21. The van der Waals surface area contributed by atoms with Crippen molar-refractivity contribution in [2.75, 3.05) is 13.1 Å². The first-order valence-electron chi connectivity index (χ1n) is 6.03. The molecule has 0 unspecified atom stereocenters. The molecular weight excluding hydrogens is 236 g/mol. The Bertz CT molecular complexity index is 381. The first kappa shape index (κ1) is 12.9. The van der Waals surface area contributed by atoms with Gasteiger partial charge >= 0.3 is 7.12 Å². The second-order valence-corrected chi connectivity index (χ2v) is 4.97. The van der Waals surface area contributed by atoms with Gasteiger partial charge in [-0.25, -0.2) is 0 Å². The fraction of sp³-hybridized carbons (Fsp3) is 0.500. The molecule has 0 radical (unpaired) electrons. The monoisotopic (exact) mass is 253 g/mol. The van der Waals surface area contributed by atoms with Crippen LogP contribution in [0.25, 0.3) is 0 Å². The van der Waals surface area contributed by atoms with Crippen molar-refractivity contribution in [3.8, 4) is 0 Å². The maximum Gasteiger partial charge on any atom is 0.488 e. The van der Waals surface area contributed by atoms with E-state index in [2.05, 4.69) is 4.90 Å². The Morgan fingerprint density at radius 3 is 2.47 bits per heavy atom. The number of likely N-dealkylation sites (tertiary alicyclic amines) is 1. The Morgan fingerprint density at radius 2 is 1.88 bits per heavy atom. The molecule has 92 valence electrons. The van der Waals surface area contributed by atoms with Gasteiger partial charge in [-0.15, -0.1) is 0 Å². The number of piperidine rings is 1. The molecule has 0 amide bonds. The van der Waals surface area contributed by atoms with Crippen LogP contribution in [0.2, 0.25) is 5.02 Å². The molecule has 3 nitrogen and oxygen atoms in total. The van der Waals surface area contributed by atoms with Gasteiger partial charge in [-0.1, -0.05) is 30.2 Å². The molecule has 1 aromatic carbocycles. The van der Waals surface area contributed by atoms with Crippen LogP contribution >= 0.6 is 11.6 Å². The van der Waals surface area contributed by atoms with Gasteiger partial charge in [0, 0.05) is 11.6 Å². The molecule has 5 heteroatoms. The van der Waals surface area contributed by atoms with Gasteiger partial charge in [0.05, 0.1) is 0 Å². The van der Waals surface area contributed by atoms with Crippen LogP contribution < -0.4 is 5.46 Å². The van der Waals surface area contributed by atoms with Crippen molar-refractivity contribution in [2.45, 2.75) is 25.8 Å². The summed E-state index contributed by atoms with van der Waals surface area (Å²) in [4.78, 5) is 2.39. The molecule has 0 saturated carbocycles. The highest BCUT2D eigenvalue weighted by atomic mass is 35.5. The van der Waals surface area contributed by atoms with Crippen molar-refractivity contribution in [2.24, 2.45) is 0 Å². The van der Waals surface area contributed by atoms with Gasteiger partial charge in [0.2, 0.25) is 0 Å². The predicted octanol–water partition coefficient (Wildman–Crippen LogP) is 1.01. The zero-order valence-electron chi connectivity index (χ0n) is 9.77. The predicted molar refractivity (Wildman–Crippen MR) is 70.4 cm³/mol. The van der Waals surface area contributed by atoms with Crippen LogP contribution in [-0.2, 0) is 6.54 Å². The fourth-order valence-corrected chi connectivity index (χ4v) is 2.46. The summed E-state index contributed by atoms with van der Waals surface area (Å²) in [5.74, 6) is 0. The lowest BCUT2D eigenvalue weighted by Crippen LogP contribution is -2.31. The molecule has 17 heavy (non-hydrogen) atoms. The van der Waals surface area contributed by atoms with Crippen LogP contribution in [0.3, 0.4) is 0 Å². The number of nitrogens with zero attached hydrogens (tertiary/aromatic N) is 1. The van der Waals surface area contributed by atoms with E-state index in [-0.39, 0.29) is 0 Å². The lowest BCUT2D eigenvalue weighted by molar-refractivity contribution is 0.221. The van der Waals surface area contributed by atoms with Crippen molar-refractivity contribution in [3.05, 3.63) is 28.8 Å². The van der Waals surface area contributed by atoms with Crippen molar-refractivity contribution < 1.29 is 10.0 Å². The standard InChI is InChI=1S/C12H17BClNO2/c14-12-8-11(13(16)17)5-4-10(12)9-15-6-2-1-3-7-15/h4-5,8,16-17H,1-3,6-7,9H2. The Morgan fingerprint density at radius 1 is 1.18 bits per heavy atom. The van der Waals surface area contributed by atoms with Crippen LogP contribution in [0.4, 0.5) is 0 Å². The summed E-state index contributed by atoms with van der Waals surface area (Å²) < 4.78 is 0. The maximum absolute atomic E-state index is 9.05. The van der Waals surface area contributed by atoms with Crippen molar-refractivity contribution in [1.29, 1.82) is 0 Å². The molecule has 1 aliphatic heterocycles. The maximum atomic E-state index is 9.05. The van der Waals surface area contributed by atoms with Crippen molar-refractivity contribution >= 4 is 24.2 Å². The largest absolute Gasteiger partial charge is 0.488 e. The molecular formula is C12H17BClNO2. The van der Waals surface area contributed by atoms with Crippen molar-refractivity contribution in [3.63, 3.8) is 0 Å². The summed E-state index contributed by atoms with van der Waals surface area (Å²) in [7, 11) is -1.45. The highest BCUT2D eigenvalue weighted by Gasteiger charge is 2.15. The molecule has 1 saturated heterocycles. The van der Waals surface area contributed by atoms with Crippen LogP contribution in [0.1, 0.15) is 24.8 Å². The summed E-state index contributed by atoms with van der Waals surface area (Å²) in [6.45, 7) is 3.10. The SMILES string of the molecule is OB(O)c1ccc(CN2CCCCC2)c(Cl)c1. The minimum atomic E-state index is -1.45. The minimum absolute atomic E-state index is 0.442. The lowest BCUT2D eigenvalue weighted by Gasteiger charge is -2.26. The third kappa shape index (κ3) is 3.46. The molecule has 0 aromatic heterocycles. The quantitative estimate of drug-likeness (QED) is 0.790. The highest BCUT2D eigenvalue weighted by Crippen LogP contribution is 2.18. The number of hydrogen-bond donors (Lipinski definition) is 2. The van der Waals surface area contributed by atoms with E-state index >= 15 is 0 Å². The summed E-state index contributed by atoms with van der Waals surface area (Å²) >= 11 is 6.14. The summed E-state index contributed by atoms with van der Waals surface area (Å²) in [6, 6.07) is 5.23. The van der Waals surface area contributed by atoms with Gasteiger partial charge in [0.15, 0.2) is 0 Å². The van der Waals surface area contributed by atoms with Crippen molar-refractivity contribution in [1.82, 2.24) is 4.90 Å². The average Bonchev–Trinajstić information content (AvgIpc) is 2.33. The van der Waals surface area contributed by atoms with Gasteiger partial charge in [0.25, 0.3) is 0 Å². The number of halogens is 1. The van der Waals surface area contributed by atoms with E-state index in [1.165, 1.54) is 19.3 Å². The van der Waals surface area contributed by atoms with Gasteiger partial charge in [-0.3, -0.25) is 4.90 Å². The van der Waals surface area contributed by atoms with E-state index in [1.54, 1.807) is 12.1 Å². The van der Waals surface area contributed by atoms with Crippen LogP contribution in [0, 0.1) is 0 Å². The van der Waals surface area contributed by atoms with Crippen LogP contribution in [0.15, 0.2) is 18.2 Å². The van der Waals surface area contributed by atoms with Gasteiger partial charge in [-0.2, -0.15) is 0 Å². The van der Waals surface area contributed by atoms with E-state index < -0.39 is 7.12 Å². The zero-order valence-corrected chi connectivity index (χ0v) is 10.5. The Balaban J connectivity index is 2.05. The Hall–Kier alpha value is -0.545. The van der Waals surface area contributed by atoms with Gasteiger partial charge < -0.3 is 10.0 Å². The van der Waals surface area contributed by atoms with Crippen LogP contribution in [0.5, 0.6) is 0 Å². The zero-order chi connectivity index (χ0) is 12.3. The lowest BCUT2D eigenvalue weighted by atomic mass is 9.80. The van der Waals surface area contributed by atoms with E-state index in [0.29, 0.717) is 10.5 Å². The van der Waals surface area contributed by atoms with Gasteiger partial charge in [0.1, 0.15) is 0 Å². The molecule has 2 N–H and O–H groups in total. The third-order valence-corrected chi connectivity index (χ3v) is 3.57. The second kappa shape index (κ2) is 5.87. The molecule has 0 aliphatic carbocycles. The molecule has 2 rings (SSSR count). The first-order chi connectivity index (χ1) is 8.16. The normalized spacial score (nSPS) is 17.1. The van der Waals surface area contributed by atoms with E-state index in [0.717, 1.165) is 25.2 Å². The molecule has 1 fully saturated rings. The Labute approximate surface area is 107 Å². The Kier molecular flexibility index (Phi) is 4.45. The highest BCUT2D eigenvalue weighted by molar-refractivity contribution is 6.59. The van der Waals surface area contributed by atoms with Gasteiger partial charge in [-0.05, 0) is 43.0 Å². The molecule has 0 atom stereocenters. The average molecular weight is 254 g/mol. The third-order valence-electron chi connectivity index (χ3n) is 3.22. The first-order valence-corrected chi connectivity index (χ1v) is 6.41. The van der Waals surface area contributed by atoms with E-state index in [4.69, 9.17) is 21.6 Å². The second-order valence-electron chi connectivity index (χ2n) is 4.56. The molecule has 1 aliphatic rings. The van der Waals surface area contributed by atoms with E-state index in [1.807, 2.05) is 6.07 Å². The molecule has 0 spiro atoms. The van der Waals surface area contributed by atoms with Crippen LogP contribution in [-0.4, -0.2) is 35.2 Å². The number of hydrogen-bond acceptors (Lipinski definition) is 3. The molecule has 0 bridgehead atoms. The summed E-state index contributed by atoms with van der Waals surface area (Å²) in [5, 5.41) is 18.7. The summed E-state index contributed by atoms with van der Waals surface area (Å²) in [6.07, 6.45) is 3.83. The number of rotatable bonds is 3. The summed E-state index contributed by atoms with van der Waals surface area (Å²) in [5.41, 5.74) is 1.50. The molecule has 1 heterocycles. The van der Waals surface area contributed by atoms with E-state index in [9.17, 15) is 0 Å². The topological polar surface area (TPSA) is 43.7 Å².